The number of aliphatic hydroxyl groups excluding tert-OH is 1. The van der Waals surface area contributed by atoms with E-state index in [9.17, 15) is 19.4 Å². The molecule has 0 aromatic heterocycles. The highest BCUT2D eigenvalue weighted by Crippen LogP contribution is 2.43. The minimum Gasteiger partial charge on any atom is -0.391 e. The molecule has 1 amide bonds. The van der Waals surface area contributed by atoms with Crippen molar-refractivity contribution in [1.29, 1.82) is 0 Å². The van der Waals surface area contributed by atoms with Crippen molar-refractivity contribution in [2.24, 2.45) is 0 Å². The van der Waals surface area contributed by atoms with Crippen molar-refractivity contribution < 1.29 is 32.9 Å². The molecule has 9 heteroatoms. The number of aliphatic hydroxyl groups is 1. The van der Waals surface area contributed by atoms with Gasteiger partial charge in [-0.05, 0) is 12.8 Å². The maximum atomic E-state index is 13.1. The number of unbranched alkanes of at least 4 members (excludes halogenated alkanes) is 61. The lowest BCUT2D eigenvalue weighted by atomic mass is 10.0. The number of phosphoric acid groups is 1. The monoisotopic (exact) mass is 1220 g/mol. The molecule has 3 unspecified atom stereocenters. The Balaban J connectivity index is 3.92. The van der Waals surface area contributed by atoms with Crippen LogP contribution in [0.2, 0.25) is 0 Å². The Morgan fingerprint density at radius 2 is 0.565 bits per heavy atom. The molecule has 0 radical (unpaired) electrons. The Morgan fingerprint density at radius 1 is 0.353 bits per heavy atom. The van der Waals surface area contributed by atoms with Gasteiger partial charge in [0.25, 0.3) is 0 Å². The molecule has 0 aliphatic heterocycles. The summed E-state index contributed by atoms with van der Waals surface area (Å²) in [5.41, 5.74) is 0. The van der Waals surface area contributed by atoms with Gasteiger partial charge in [0, 0.05) is 6.42 Å². The highest BCUT2D eigenvalue weighted by atomic mass is 31.2. The normalized spacial score (nSPS) is 13.4. The summed E-state index contributed by atoms with van der Waals surface area (Å²) >= 11 is 0. The third-order valence-corrected chi connectivity index (χ3v) is 19.6. The Hall–Kier alpha value is -0.500. The van der Waals surface area contributed by atoms with Crippen molar-refractivity contribution in [3.63, 3.8) is 0 Å². The van der Waals surface area contributed by atoms with E-state index in [0.717, 1.165) is 38.5 Å². The van der Waals surface area contributed by atoms with Crippen molar-refractivity contribution in [2.75, 3.05) is 40.9 Å². The van der Waals surface area contributed by atoms with Gasteiger partial charge in [-0.1, -0.05) is 412 Å². The molecule has 0 heterocycles. The Kier molecular flexibility index (Phi) is 67.5. The van der Waals surface area contributed by atoms with E-state index in [2.05, 4.69) is 19.2 Å². The average Bonchev–Trinajstić information content (AvgIpc) is 3.49. The van der Waals surface area contributed by atoms with Gasteiger partial charge in [0.2, 0.25) is 5.91 Å². The van der Waals surface area contributed by atoms with Gasteiger partial charge in [-0.2, -0.15) is 0 Å². The highest BCUT2D eigenvalue weighted by molar-refractivity contribution is 7.47. The number of hydrogen-bond acceptors (Lipinski definition) is 5. The predicted molar refractivity (Wildman–Crippen MR) is 374 cm³/mol. The number of phosphoric ester groups is 1. The average molecular weight is 1230 g/mol. The summed E-state index contributed by atoms with van der Waals surface area (Å²) < 4.78 is 24.0. The second-order valence-corrected chi connectivity index (χ2v) is 29.9. The van der Waals surface area contributed by atoms with Crippen LogP contribution in [0.1, 0.15) is 431 Å². The fraction of sp³-hybridized carbons (Fsp3) is 0.987. The predicted octanol–water partition coefficient (Wildman–Crippen LogP) is 25.1. The molecule has 0 rings (SSSR count). The molecule has 3 atom stereocenters. The van der Waals surface area contributed by atoms with E-state index >= 15 is 0 Å². The molecule has 0 spiro atoms. The van der Waals surface area contributed by atoms with E-state index in [4.69, 9.17) is 9.05 Å². The number of carbonyl (C=O) groups excluding carboxylic acids is 1. The molecule has 0 aromatic carbocycles. The van der Waals surface area contributed by atoms with Gasteiger partial charge >= 0.3 is 7.82 Å². The van der Waals surface area contributed by atoms with Crippen LogP contribution in [-0.4, -0.2) is 73.4 Å². The quantitative estimate of drug-likeness (QED) is 0.0318. The van der Waals surface area contributed by atoms with Crippen LogP contribution in [0, 0.1) is 0 Å². The summed E-state index contributed by atoms with van der Waals surface area (Å²) in [6, 6.07) is -0.758. The van der Waals surface area contributed by atoms with Gasteiger partial charge in [0.05, 0.1) is 39.9 Å². The van der Waals surface area contributed by atoms with Gasteiger partial charge in [-0.3, -0.25) is 13.8 Å². The van der Waals surface area contributed by atoms with Crippen molar-refractivity contribution in [3.8, 4) is 0 Å². The number of amides is 1. The molecule has 0 aliphatic rings. The van der Waals surface area contributed by atoms with Crippen LogP contribution in [0.15, 0.2) is 0 Å². The maximum Gasteiger partial charge on any atom is 0.472 e. The molecule has 0 saturated heterocycles. The lowest BCUT2D eigenvalue weighted by Gasteiger charge is -2.26. The number of quaternary nitrogens is 1. The van der Waals surface area contributed by atoms with Crippen LogP contribution in [0.3, 0.4) is 0 Å². The first-order valence-corrected chi connectivity index (χ1v) is 40.4. The minimum absolute atomic E-state index is 0.0796. The molecule has 0 bridgehead atoms. The number of nitrogens with one attached hydrogen (secondary N) is 1. The topological polar surface area (TPSA) is 105 Å². The summed E-state index contributed by atoms with van der Waals surface area (Å²) in [6.07, 6.45) is 86.7. The largest absolute Gasteiger partial charge is 0.472 e. The third kappa shape index (κ3) is 70.8. The molecule has 0 saturated carbocycles. The summed E-state index contributed by atoms with van der Waals surface area (Å²) in [5, 5.41) is 14.2. The Labute approximate surface area is 533 Å². The third-order valence-electron chi connectivity index (χ3n) is 18.6. The molecular weight excluding hydrogens is 1070 g/mol. The zero-order chi connectivity index (χ0) is 61.9. The molecule has 85 heavy (non-hydrogen) atoms. The van der Waals surface area contributed by atoms with E-state index < -0.39 is 20.0 Å². The molecule has 510 valence electrons. The van der Waals surface area contributed by atoms with Crippen LogP contribution in [0.4, 0.5) is 0 Å². The van der Waals surface area contributed by atoms with Crippen LogP contribution >= 0.6 is 7.82 Å². The number of likely N-dealkylation sites (N-methyl/N-ethyl adjacent to an activating group) is 1. The summed E-state index contributed by atoms with van der Waals surface area (Å²) in [4.78, 5) is 23.5. The Morgan fingerprint density at radius 3 is 0.788 bits per heavy atom. The fourth-order valence-electron chi connectivity index (χ4n) is 12.6. The number of carbonyl (C=O) groups is 1. The standard InChI is InChI=1S/C76H155N2O6P/c1-6-8-10-12-14-16-18-20-22-24-26-28-30-32-34-36-38-40-41-43-45-47-49-51-53-55-57-59-61-63-65-67-69-75(79)74(73-84-85(81,82)83-72-71-78(3,4)5)77-76(80)70-68-66-64-62-60-58-56-54-52-50-48-46-44-42-39-37-35-33-31-29-27-25-23-21-19-17-15-13-11-9-7-2/h74-75,79H,6-73H2,1-5H3,(H-,77,80,81,82)/p+1. The second-order valence-electron chi connectivity index (χ2n) is 28.5. The van der Waals surface area contributed by atoms with Crippen LogP contribution in [0.25, 0.3) is 0 Å². The van der Waals surface area contributed by atoms with E-state index in [1.165, 1.54) is 366 Å². The lowest BCUT2D eigenvalue weighted by molar-refractivity contribution is -0.870. The van der Waals surface area contributed by atoms with Gasteiger partial charge in [0.15, 0.2) is 0 Å². The fourth-order valence-corrected chi connectivity index (χ4v) is 13.3. The van der Waals surface area contributed by atoms with Crippen molar-refractivity contribution in [2.45, 2.75) is 443 Å². The van der Waals surface area contributed by atoms with Crippen molar-refractivity contribution in [3.05, 3.63) is 0 Å². The number of nitrogens with zero attached hydrogens (tertiary/aromatic N) is 1. The van der Waals surface area contributed by atoms with E-state index in [1.54, 1.807) is 0 Å². The minimum atomic E-state index is -4.33. The zero-order valence-corrected chi connectivity index (χ0v) is 59.6. The first-order valence-electron chi connectivity index (χ1n) is 38.9. The zero-order valence-electron chi connectivity index (χ0n) is 58.7. The maximum absolute atomic E-state index is 13.1. The first-order chi connectivity index (χ1) is 41.5. The molecule has 0 aliphatic carbocycles. The van der Waals surface area contributed by atoms with E-state index in [1.807, 2.05) is 21.1 Å². The summed E-state index contributed by atoms with van der Waals surface area (Å²) in [5.74, 6) is -0.132. The summed E-state index contributed by atoms with van der Waals surface area (Å²) in [7, 11) is 1.65. The molecule has 0 fully saturated rings. The Bertz CT molecular complexity index is 1350. The molecule has 3 N–H and O–H groups in total. The van der Waals surface area contributed by atoms with Gasteiger partial charge in [0.1, 0.15) is 13.2 Å². The van der Waals surface area contributed by atoms with Crippen LogP contribution in [0.5, 0.6) is 0 Å². The lowest BCUT2D eigenvalue weighted by Crippen LogP contribution is -2.46. The number of hydrogen-bond donors (Lipinski definition) is 3. The number of rotatable bonds is 74. The first kappa shape index (κ1) is 84.5. The van der Waals surface area contributed by atoms with Crippen molar-refractivity contribution >= 4 is 13.7 Å². The SMILES string of the molecule is CCCCCCCCCCCCCCCCCCCCCCCCCCCCCCCCCCC(O)C(COP(=O)(O)OCC[N+](C)(C)C)NC(=O)CCCCCCCCCCCCCCCCCCCCCCCCCCCCCCCCC. The van der Waals surface area contributed by atoms with Gasteiger partial charge in [-0.25, -0.2) is 4.57 Å². The smallest absolute Gasteiger partial charge is 0.391 e. The van der Waals surface area contributed by atoms with Gasteiger partial charge in [-0.15, -0.1) is 0 Å². The van der Waals surface area contributed by atoms with Crippen LogP contribution in [-0.2, 0) is 18.4 Å². The highest BCUT2D eigenvalue weighted by Gasteiger charge is 2.28. The summed E-state index contributed by atoms with van der Waals surface area (Å²) in [6.45, 7) is 4.98. The molecular formula is C76H156N2O6P+. The van der Waals surface area contributed by atoms with E-state index in [-0.39, 0.29) is 19.1 Å². The van der Waals surface area contributed by atoms with Gasteiger partial charge < -0.3 is 19.8 Å². The second kappa shape index (κ2) is 67.9. The van der Waals surface area contributed by atoms with E-state index in [0.29, 0.717) is 23.9 Å². The molecule has 8 nitrogen and oxygen atoms in total. The van der Waals surface area contributed by atoms with Crippen LogP contribution < -0.4 is 5.32 Å². The molecule has 0 aromatic rings. The van der Waals surface area contributed by atoms with Crippen molar-refractivity contribution in [1.82, 2.24) is 5.32 Å².